The molecule has 0 aromatic heterocycles. The van der Waals surface area contributed by atoms with Crippen LogP contribution in [0.3, 0.4) is 0 Å². The number of rotatable bonds is 7. The monoisotopic (exact) mass is 396 g/mol. The number of benzene rings is 2. The fourth-order valence-electron chi connectivity index (χ4n) is 3.56. The third-order valence-electron chi connectivity index (χ3n) is 5.47. The highest BCUT2D eigenvalue weighted by molar-refractivity contribution is 6.00. The maximum absolute atomic E-state index is 12.1. The molecule has 0 unspecified atom stereocenters. The van der Waals surface area contributed by atoms with E-state index in [0.29, 0.717) is 12.2 Å². The van der Waals surface area contributed by atoms with Gasteiger partial charge in [-0.2, -0.15) is 0 Å². The Kier molecular flexibility index (Phi) is 6.82. The lowest BCUT2D eigenvalue weighted by Crippen LogP contribution is -2.32. The first kappa shape index (κ1) is 20.8. The molecule has 0 atom stereocenters. The van der Waals surface area contributed by atoms with Crippen LogP contribution in [0.1, 0.15) is 41.3 Å². The van der Waals surface area contributed by atoms with E-state index >= 15 is 0 Å². The van der Waals surface area contributed by atoms with E-state index in [9.17, 15) is 14.9 Å². The Morgan fingerprint density at radius 1 is 1.14 bits per heavy atom. The van der Waals surface area contributed by atoms with Crippen molar-refractivity contribution in [2.75, 3.05) is 25.5 Å². The number of carbonyl (C=O) groups excluding carboxylic acids is 1. The van der Waals surface area contributed by atoms with Gasteiger partial charge in [-0.1, -0.05) is 31.2 Å². The Morgan fingerprint density at radius 3 is 2.41 bits per heavy atom. The number of hydrogen-bond acceptors (Lipinski definition) is 5. The Labute approximate surface area is 171 Å². The lowest BCUT2D eigenvalue weighted by atomic mass is 9.99. The maximum Gasteiger partial charge on any atom is 0.270 e. The van der Waals surface area contributed by atoms with Crippen molar-refractivity contribution in [1.82, 2.24) is 10.2 Å². The molecule has 0 spiro atoms. The van der Waals surface area contributed by atoms with Crippen LogP contribution < -0.4 is 10.6 Å². The molecular formula is C22H28N4O3. The average Bonchev–Trinajstić information content (AvgIpc) is 2.74. The molecule has 1 heterocycles. The second kappa shape index (κ2) is 9.52. The Bertz CT molecular complexity index is 859. The molecule has 0 saturated carbocycles. The molecule has 2 aromatic rings. The van der Waals surface area contributed by atoms with Crippen molar-refractivity contribution in [2.24, 2.45) is 5.92 Å². The van der Waals surface area contributed by atoms with Crippen LogP contribution in [0.25, 0.3) is 0 Å². The third kappa shape index (κ3) is 5.54. The normalized spacial score (nSPS) is 15.1. The minimum Gasteiger partial charge on any atom is -0.380 e. The summed E-state index contributed by atoms with van der Waals surface area (Å²) in [5, 5.41) is 16.7. The Morgan fingerprint density at radius 2 is 1.79 bits per heavy atom. The molecule has 7 nitrogen and oxygen atoms in total. The Hall–Kier alpha value is -2.93. The second-order valence-corrected chi connectivity index (χ2v) is 7.69. The number of nitro groups is 1. The van der Waals surface area contributed by atoms with Gasteiger partial charge in [-0.15, -0.1) is 0 Å². The van der Waals surface area contributed by atoms with Crippen molar-refractivity contribution >= 4 is 17.3 Å². The molecule has 29 heavy (non-hydrogen) atoms. The quantitative estimate of drug-likeness (QED) is 0.549. The zero-order valence-corrected chi connectivity index (χ0v) is 17.0. The molecule has 1 amide bonds. The van der Waals surface area contributed by atoms with Gasteiger partial charge in [0.25, 0.3) is 11.6 Å². The van der Waals surface area contributed by atoms with Crippen molar-refractivity contribution in [1.29, 1.82) is 0 Å². The number of amides is 1. The van der Waals surface area contributed by atoms with Crippen LogP contribution in [-0.4, -0.2) is 35.9 Å². The summed E-state index contributed by atoms with van der Waals surface area (Å²) in [6.07, 6.45) is 2.54. The van der Waals surface area contributed by atoms with Crippen molar-refractivity contribution in [3.05, 3.63) is 69.3 Å². The van der Waals surface area contributed by atoms with E-state index in [1.165, 1.54) is 37.6 Å². The van der Waals surface area contributed by atoms with Crippen molar-refractivity contribution in [3.63, 3.8) is 0 Å². The Balaban J connectivity index is 1.62. The smallest absolute Gasteiger partial charge is 0.270 e. The number of nitro benzene ring substituents is 1. The molecule has 2 N–H and O–H groups in total. The molecule has 3 rings (SSSR count). The largest absolute Gasteiger partial charge is 0.380 e. The molecule has 0 bridgehead atoms. The van der Waals surface area contributed by atoms with Crippen LogP contribution in [0, 0.1) is 16.0 Å². The number of nitrogens with one attached hydrogen (secondary N) is 2. The molecule has 2 aromatic carbocycles. The van der Waals surface area contributed by atoms with Gasteiger partial charge in [0.2, 0.25) is 0 Å². The summed E-state index contributed by atoms with van der Waals surface area (Å²) < 4.78 is 0. The van der Waals surface area contributed by atoms with Crippen LogP contribution in [-0.2, 0) is 13.1 Å². The summed E-state index contributed by atoms with van der Waals surface area (Å²) >= 11 is 0. The molecule has 0 radical (unpaired) electrons. The summed E-state index contributed by atoms with van der Waals surface area (Å²) in [4.78, 5) is 25.1. The highest BCUT2D eigenvalue weighted by Crippen LogP contribution is 2.23. The van der Waals surface area contributed by atoms with E-state index in [-0.39, 0.29) is 17.2 Å². The lowest BCUT2D eigenvalue weighted by molar-refractivity contribution is -0.384. The summed E-state index contributed by atoms with van der Waals surface area (Å²) in [7, 11) is 1.51. The number of non-ortho nitro benzene ring substituents is 1. The fraction of sp³-hybridized carbons (Fsp3) is 0.409. The minimum absolute atomic E-state index is 0.106. The van der Waals surface area contributed by atoms with Gasteiger partial charge in [0.05, 0.1) is 10.5 Å². The number of nitrogens with zero attached hydrogens (tertiary/aromatic N) is 2. The zero-order valence-electron chi connectivity index (χ0n) is 17.0. The third-order valence-corrected chi connectivity index (χ3v) is 5.47. The molecule has 7 heteroatoms. The second-order valence-electron chi connectivity index (χ2n) is 7.69. The van der Waals surface area contributed by atoms with Crippen molar-refractivity contribution in [3.8, 4) is 0 Å². The van der Waals surface area contributed by atoms with Gasteiger partial charge in [-0.25, -0.2) is 0 Å². The molecule has 0 aliphatic carbocycles. The number of carbonyl (C=O) groups is 1. The standard InChI is InChI=1S/C22H28N4O3/c1-16-9-11-25(12-10-16)15-18-5-3-17(4-6-18)14-24-21-8-7-19(26(28)29)13-20(21)22(27)23-2/h3-8,13,16,24H,9-12,14-15H2,1-2H3,(H,23,27). The predicted octanol–water partition coefficient (Wildman–Crippen LogP) is 3.80. The van der Waals surface area contributed by atoms with Gasteiger partial charge in [-0.05, 0) is 49.0 Å². The lowest BCUT2D eigenvalue weighted by Gasteiger charge is -2.30. The average molecular weight is 396 g/mol. The first-order valence-corrected chi connectivity index (χ1v) is 10.0. The van der Waals surface area contributed by atoms with Crippen LogP contribution in [0.4, 0.5) is 11.4 Å². The number of piperidine rings is 1. The molecule has 1 aliphatic rings. The van der Waals surface area contributed by atoms with Crippen LogP contribution in [0.2, 0.25) is 0 Å². The van der Waals surface area contributed by atoms with Gasteiger partial charge >= 0.3 is 0 Å². The molecule has 1 fully saturated rings. The van der Waals surface area contributed by atoms with E-state index in [2.05, 4.69) is 46.7 Å². The molecule has 154 valence electrons. The van der Waals surface area contributed by atoms with Crippen LogP contribution >= 0.6 is 0 Å². The zero-order chi connectivity index (χ0) is 20.8. The van der Waals surface area contributed by atoms with Crippen LogP contribution in [0.15, 0.2) is 42.5 Å². The fourth-order valence-corrected chi connectivity index (χ4v) is 3.56. The first-order chi connectivity index (χ1) is 14.0. The summed E-state index contributed by atoms with van der Waals surface area (Å²) in [5.74, 6) is 0.473. The predicted molar refractivity (Wildman–Crippen MR) is 114 cm³/mol. The topological polar surface area (TPSA) is 87.5 Å². The van der Waals surface area contributed by atoms with Crippen molar-refractivity contribution < 1.29 is 9.72 Å². The van der Waals surface area contributed by atoms with Crippen molar-refractivity contribution in [2.45, 2.75) is 32.9 Å². The van der Waals surface area contributed by atoms with Gasteiger partial charge in [0.15, 0.2) is 0 Å². The summed E-state index contributed by atoms with van der Waals surface area (Å²) in [6, 6.07) is 12.7. The van der Waals surface area contributed by atoms with E-state index in [1.54, 1.807) is 6.07 Å². The van der Waals surface area contributed by atoms with E-state index in [0.717, 1.165) is 31.1 Å². The molecule has 1 aliphatic heterocycles. The van der Waals surface area contributed by atoms with Crippen LogP contribution in [0.5, 0.6) is 0 Å². The first-order valence-electron chi connectivity index (χ1n) is 10.0. The van der Waals surface area contributed by atoms with E-state index in [4.69, 9.17) is 0 Å². The van der Waals surface area contributed by atoms with Gasteiger partial charge < -0.3 is 10.6 Å². The summed E-state index contributed by atoms with van der Waals surface area (Å²) in [5.41, 5.74) is 3.11. The molecule has 1 saturated heterocycles. The highest BCUT2D eigenvalue weighted by Gasteiger charge is 2.17. The number of anilines is 1. The number of hydrogen-bond donors (Lipinski definition) is 2. The van der Waals surface area contributed by atoms with E-state index < -0.39 is 4.92 Å². The number of likely N-dealkylation sites (tertiary alicyclic amines) is 1. The summed E-state index contributed by atoms with van der Waals surface area (Å²) in [6.45, 7) is 6.15. The van der Waals surface area contributed by atoms with Gasteiger partial charge in [0.1, 0.15) is 0 Å². The van der Waals surface area contributed by atoms with Gasteiger partial charge in [0, 0.05) is 38.0 Å². The minimum atomic E-state index is -0.502. The van der Waals surface area contributed by atoms with Gasteiger partial charge in [-0.3, -0.25) is 19.8 Å². The SMILES string of the molecule is CNC(=O)c1cc([N+](=O)[O-])ccc1NCc1ccc(CN2CCC(C)CC2)cc1. The van der Waals surface area contributed by atoms with E-state index in [1.807, 2.05) is 0 Å². The highest BCUT2D eigenvalue weighted by atomic mass is 16.6. The maximum atomic E-state index is 12.1. The molecular weight excluding hydrogens is 368 g/mol.